The van der Waals surface area contributed by atoms with Crippen molar-refractivity contribution in [3.63, 3.8) is 0 Å². The maximum atomic E-state index is 15.1. The van der Waals surface area contributed by atoms with E-state index in [1.54, 1.807) is 6.08 Å². The predicted molar refractivity (Wildman–Crippen MR) is 154 cm³/mol. The average Bonchev–Trinajstić information content (AvgIpc) is 2.98. The number of nitrogens with zero attached hydrogens (tertiary/aromatic N) is 2. The molecule has 8 nitrogen and oxygen atoms in total. The highest BCUT2D eigenvalue weighted by molar-refractivity contribution is 7.89. The Balaban J connectivity index is 1.41. The molecule has 1 saturated heterocycles. The number of carbonyl (C=O) groups is 1. The molecule has 0 radical (unpaired) electrons. The van der Waals surface area contributed by atoms with Crippen LogP contribution in [0.4, 0.5) is 26.3 Å². The number of ether oxygens (including phenoxy) is 3. The van der Waals surface area contributed by atoms with E-state index >= 15 is 4.39 Å². The molecule has 2 aromatic rings. The fraction of sp³-hybridized carbons (Fsp3) is 0.500. The van der Waals surface area contributed by atoms with Crippen LogP contribution >= 0.6 is 0 Å². The Morgan fingerprint density at radius 2 is 1.89 bits per heavy atom. The molecule has 248 valence electrons. The SMILES string of the molecule is CN(C)S(=O)(=O)CC(=O)[C@@H]1CCCN(CC2=Cc3c(F)cc(OCc4ccc(OC(CF)CF)c(C(F)(F)F)c4)cc3OC2)C1. The Bertz CT molecular complexity index is 1510. The first-order chi connectivity index (χ1) is 21.2. The summed E-state index contributed by atoms with van der Waals surface area (Å²) >= 11 is 0. The number of hydrogen-bond donors (Lipinski definition) is 0. The van der Waals surface area contributed by atoms with Crippen LogP contribution in [-0.2, 0) is 27.6 Å². The minimum Gasteiger partial charge on any atom is -0.489 e. The van der Waals surface area contributed by atoms with Crippen LogP contribution < -0.4 is 14.2 Å². The lowest BCUT2D eigenvalue weighted by Gasteiger charge is -2.33. The molecule has 0 bridgehead atoms. The zero-order valence-corrected chi connectivity index (χ0v) is 25.5. The molecule has 0 saturated carbocycles. The summed E-state index contributed by atoms with van der Waals surface area (Å²) in [5.74, 6) is -2.53. The molecule has 0 N–H and O–H groups in total. The van der Waals surface area contributed by atoms with Gasteiger partial charge in [0, 0.05) is 45.2 Å². The summed E-state index contributed by atoms with van der Waals surface area (Å²) in [6.45, 7) is -1.41. The molecule has 45 heavy (non-hydrogen) atoms. The van der Waals surface area contributed by atoms with E-state index in [9.17, 15) is 35.2 Å². The quantitative estimate of drug-likeness (QED) is 0.277. The number of fused-ring (bicyclic) bond motifs is 1. The van der Waals surface area contributed by atoms with E-state index in [1.165, 1.54) is 26.2 Å². The second-order valence-electron chi connectivity index (χ2n) is 11.2. The molecule has 1 atom stereocenters. The second kappa shape index (κ2) is 14.4. The predicted octanol–water partition coefficient (Wildman–Crippen LogP) is 5.06. The van der Waals surface area contributed by atoms with Gasteiger partial charge in [-0.05, 0) is 48.7 Å². The third kappa shape index (κ3) is 8.91. The first-order valence-electron chi connectivity index (χ1n) is 14.1. The van der Waals surface area contributed by atoms with Crippen molar-refractivity contribution < 1.29 is 53.8 Å². The molecule has 0 aromatic heterocycles. The second-order valence-corrected chi connectivity index (χ2v) is 13.3. The van der Waals surface area contributed by atoms with Crippen molar-refractivity contribution in [1.29, 1.82) is 0 Å². The minimum absolute atomic E-state index is 0.0111. The summed E-state index contributed by atoms with van der Waals surface area (Å²) in [5, 5.41) is 0. The average molecular weight is 665 g/mol. The van der Waals surface area contributed by atoms with Crippen LogP contribution in [0.1, 0.15) is 29.5 Å². The van der Waals surface area contributed by atoms with Crippen molar-refractivity contribution in [2.24, 2.45) is 5.92 Å². The molecule has 2 heterocycles. The molecule has 4 rings (SSSR count). The minimum atomic E-state index is -4.87. The lowest BCUT2D eigenvalue weighted by atomic mass is 9.94. The number of rotatable bonds is 13. The Morgan fingerprint density at radius 3 is 2.56 bits per heavy atom. The molecule has 0 amide bonds. The van der Waals surface area contributed by atoms with Gasteiger partial charge in [0.15, 0.2) is 11.9 Å². The van der Waals surface area contributed by atoms with Crippen LogP contribution in [0.2, 0.25) is 0 Å². The van der Waals surface area contributed by atoms with Crippen molar-refractivity contribution in [3.05, 3.63) is 58.4 Å². The normalized spacial score (nSPS) is 17.6. The summed E-state index contributed by atoms with van der Waals surface area (Å²) in [4.78, 5) is 14.7. The molecule has 0 spiro atoms. The van der Waals surface area contributed by atoms with Gasteiger partial charge in [-0.15, -0.1) is 0 Å². The van der Waals surface area contributed by atoms with Crippen LogP contribution in [-0.4, -0.2) is 88.9 Å². The van der Waals surface area contributed by atoms with Gasteiger partial charge in [-0.3, -0.25) is 9.69 Å². The van der Waals surface area contributed by atoms with Gasteiger partial charge in [0.2, 0.25) is 10.0 Å². The molecule has 2 aromatic carbocycles. The van der Waals surface area contributed by atoms with Crippen LogP contribution in [0.3, 0.4) is 0 Å². The Hall–Kier alpha value is -3.30. The molecule has 0 unspecified atom stereocenters. The number of halogens is 6. The van der Waals surface area contributed by atoms with Gasteiger partial charge in [0.1, 0.15) is 55.4 Å². The highest BCUT2D eigenvalue weighted by Crippen LogP contribution is 2.38. The zero-order chi connectivity index (χ0) is 32.9. The Morgan fingerprint density at radius 1 is 1.16 bits per heavy atom. The number of carbonyl (C=O) groups excluding carboxylic acids is 1. The van der Waals surface area contributed by atoms with Crippen molar-refractivity contribution in [1.82, 2.24) is 9.21 Å². The largest absolute Gasteiger partial charge is 0.489 e. The fourth-order valence-electron chi connectivity index (χ4n) is 5.04. The summed E-state index contributed by atoms with van der Waals surface area (Å²) in [6.07, 6.45) is -3.61. The highest BCUT2D eigenvalue weighted by atomic mass is 32.2. The molecule has 15 heteroatoms. The number of alkyl halides is 5. The molecule has 0 aliphatic carbocycles. The van der Waals surface area contributed by atoms with E-state index in [4.69, 9.17) is 14.2 Å². The third-order valence-corrected chi connectivity index (χ3v) is 9.25. The number of ketones is 1. The zero-order valence-electron chi connectivity index (χ0n) is 24.7. The van der Waals surface area contributed by atoms with Gasteiger partial charge >= 0.3 is 6.18 Å². The van der Waals surface area contributed by atoms with Gasteiger partial charge in [-0.2, -0.15) is 13.2 Å². The smallest absolute Gasteiger partial charge is 0.419 e. The molecule has 2 aliphatic heterocycles. The van der Waals surface area contributed by atoms with Crippen molar-refractivity contribution in [2.45, 2.75) is 31.7 Å². The molecule has 2 aliphatic rings. The number of likely N-dealkylation sites (tertiary alicyclic amines) is 1. The van der Waals surface area contributed by atoms with Gasteiger partial charge < -0.3 is 14.2 Å². The van der Waals surface area contributed by atoms with Crippen molar-refractivity contribution >= 4 is 21.9 Å². The molecular formula is C30H34F6N2O6S. The van der Waals surface area contributed by atoms with E-state index in [0.717, 1.165) is 28.1 Å². The van der Waals surface area contributed by atoms with E-state index in [0.29, 0.717) is 32.5 Å². The van der Waals surface area contributed by atoms with E-state index in [-0.39, 0.29) is 41.6 Å². The molecular weight excluding hydrogens is 630 g/mol. The Kier molecular flexibility index (Phi) is 11.1. The van der Waals surface area contributed by atoms with E-state index < -0.39 is 64.5 Å². The number of Topliss-reactive ketones (excluding diaryl/α,β-unsaturated/α-hetero) is 1. The maximum absolute atomic E-state index is 15.1. The lowest BCUT2D eigenvalue weighted by Crippen LogP contribution is -2.42. The monoisotopic (exact) mass is 664 g/mol. The first kappa shape index (κ1) is 34.6. The summed E-state index contributed by atoms with van der Waals surface area (Å²) in [7, 11) is -0.904. The lowest BCUT2D eigenvalue weighted by molar-refractivity contribution is -0.139. The van der Waals surface area contributed by atoms with Gasteiger partial charge in [0.25, 0.3) is 0 Å². The fourth-order valence-corrected chi connectivity index (χ4v) is 5.89. The topological polar surface area (TPSA) is 85.4 Å². The highest BCUT2D eigenvalue weighted by Gasteiger charge is 2.35. The standard InChI is InChI=1S/C30H34F6N2O6S/c1-37(2)45(40,41)18-27(39)21-4-3-7-38(15-21)14-20-8-24-26(33)10-22(11-29(24)43-17-20)42-16-19-5-6-28(44-23(12-31)13-32)25(9-19)30(34,35)36/h5-6,8-11,21,23H,3-4,7,12-18H2,1-2H3/t21-/m1/s1. The van der Waals surface area contributed by atoms with E-state index in [2.05, 4.69) is 0 Å². The maximum Gasteiger partial charge on any atom is 0.419 e. The van der Waals surface area contributed by atoms with Crippen LogP contribution in [0.25, 0.3) is 6.08 Å². The summed E-state index contributed by atoms with van der Waals surface area (Å²) in [5.41, 5.74) is -0.253. The van der Waals surface area contributed by atoms with Crippen molar-refractivity contribution in [3.8, 4) is 17.2 Å². The van der Waals surface area contributed by atoms with Crippen molar-refractivity contribution in [2.75, 3.05) is 59.4 Å². The number of sulfonamides is 1. The molecule has 1 fully saturated rings. The summed E-state index contributed by atoms with van der Waals surface area (Å²) in [6, 6.07) is 5.44. The van der Waals surface area contributed by atoms with Crippen LogP contribution in [0.15, 0.2) is 35.9 Å². The van der Waals surface area contributed by atoms with Gasteiger partial charge in [0.05, 0.1) is 11.1 Å². The number of hydrogen-bond acceptors (Lipinski definition) is 7. The first-order valence-corrected chi connectivity index (χ1v) is 15.7. The number of benzene rings is 2. The Labute approximate surface area is 257 Å². The van der Waals surface area contributed by atoms with Crippen LogP contribution in [0.5, 0.6) is 17.2 Å². The van der Waals surface area contributed by atoms with Crippen LogP contribution in [0, 0.1) is 11.7 Å². The third-order valence-electron chi connectivity index (χ3n) is 7.49. The summed E-state index contributed by atoms with van der Waals surface area (Å²) < 4.78 is 123. The van der Waals surface area contributed by atoms with Gasteiger partial charge in [-0.1, -0.05) is 6.07 Å². The number of piperidine rings is 1. The van der Waals surface area contributed by atoms with Gasteiger partial charge in [-0.25, -0.2) is 25.9 Å². The van der Waals surface area contributed by atoms with E-state index in [1.807, 2.05) is 4.90 Å².